The summed E-state index contributed by atoms with van der Waals surface area (Å²) >= 11 is 6.31. The highest BCUT2D eigenvalue weighted by molar-refractivity contribution is 6.51. The van der Waals surface area contributed by atoms with E-state index in [1.54, 1.807) is 30.3 Å². The molecule has 2 aromatic carbocycles. The van der Waals surface area contributed by atoms with Crippen molar-refractivity contribution >= 4 is 29.0 Å². The van der Waals surface area contributed by atoms with Crippen molar-refractivity contribution in [2.75, 3.05) is 5.32 Å². The maximum atomic E-state index is 13.2. The Morgan fingerprint density at radius 3 is 2.45 bits per heavy atom. The van der Waals surface area contributed by atoms with E-state index in [4.69, 9.17) is 11.6 Å². The second kappa shape index (κ2) is 4.42. The third kappa shape index (κ3) is 1.72. The fourth-order valence-electron chi connectivity index (χ4n) is 2.25. The van der Waals surface area contributed by atoms with Gasteiger partial charge in [-0.15, -0.1) is 0 Å². The zero-order valence-corrected chi connectivity index (χ0v) is 10.9. The summed E-state index contributed by atoms with van der Waals surface area (Å²) in [6.45, 7) is 0. The topological polar surface area (TPSA) is 46.2 Å². The van der Waals surface area contributed by atoms with Crippen LogP contribution in [0.25, 0.3) is 0 Å². The van der Waals surface area contributed by atoms with E-state index in [1.165, 1.54) is 6.07 Å². The molecule has 0 unspecified atom stereocenters. The molecular weight excluding hydrogens is 281 g/mol. The Hall–Kier alpha value is -2.20. The summed E-state index contributed by atoms with van der Waals surface area (Å²) in [6.07, 6.45) is 0. The van der Waals surface area contributed by atoms with Crippen LogP contribution in [0.15, 0.2) is 48.5 Å². The van der Waals surface area contributed by atoms with Crippen LogP contribution in [-0.4, -0.2) is 11.7 Å². The third-order valence-corrected chi connectivity index (χ3v) is 3.83. The van der Waals surface area contributed by atoms with Crippen LogP contribution >= 0.6 is 11.6 Å². The predicted molar refractivity (Wildman–Crippen MR) is 73.3 cm³/mol. The molecular formula is C15H9ClFNO2. The second-order valence-corrected chi connectivity index (χ2v) is 5.06. The van der Waals surface area contributed by atoms with Gasteiger partial charge in [0.1, 0.15) is 5.82 Å². The van der Waals surface area contributed by atoms with Crippen molar-refractivity contribution in [2.45, 2.75) is 4.87 Å². The molecule has 5 heteroatoms. The SMILES string of the molecule is O=C1Nc2cc(F)ccc2C(=O)[C@@]1(Cl)c1ccccc1. The Bertz CT molecular complexity index is 717. The average molecular weight is 290 g/mol. The Balaban J connectivity index is 2.18. The van der Waals surface area contributed by atoms with E-state index in [1.807, 2.05) is 0 Å². The van der Waals surface area contributed by atoms with Gasteiger partial charge >= 0.3 is 0 Å². The van der Waals surface area contributed by atoms with Crippen LogP contribution in [-0.2, 0) is 9.67 Å². The number of rotatable bonds is 1. The number of carbonyl (C=O) groups is 2. The van der Waals surface area contributed by atoms with Gasteiger partial charge in [0.05, 0.1) is 5.69 Å². The van der Waals surface area contributed by atoms with Crippen molar-refractivity contribution in [1.29, 1.82) is 0 Å². The zero-order valence-electron chi connectivity index (χ0n) is 10.2. The number of fused-ring (bicyclic) bond motifs is 1. The molecule has 0 spiro atoms. The first-order chi connectivity index (χ1) is 9.53. The first kappa shape index (κ1) is 12.8. The molecule has 0 aromatic heterocycles. The summed E-state index contributed by atoms with van der Waals surface area (Å²) in [5.74, 6) is -1.75. The van der Waals surface area contributed by atoms with Crippen LogP contribution in [0, 0.1) is 5.82 Å². The van der Waals surface area contributed by atoms with Crippen LogP contribution in [0.5, 0.6) is 0 Å². The van der Waals surface area contributed by atoms with Gasteiger partial charge in [-0.05, 0) is 23.8 Å². The first-order valence-corrected chi connectivity index (χ1v) is 6.31. The van der Waals surface area contributed by atoms with Gasteiger partial charge in [-0.2, -0.15) is 0 Å². The highest BCUT2D eigenvalue weighted by Gasteiger charge is 2.49. The molecule has 1 aliphatic rings. The summed E-state index contributed by atoms with van der Waals surface area (Å²) in [7, 11) is 0. The minimum absolute atomic E-state index is 0.146. The molecule has 0 bridgehead atoms. The first-order valence-electron chi connectivity index (χ1n) is 5.93. The van der Waals surface area contributed by atoms with E-state index in [0.717, 1.165) is 12.1 Å². The highest BCUT2D eigenvalue weighted by Crippen LogP contribution is 2.40. The number of hydrogen-bond acceptors (Lipinski definition) is 2. The lowest BCUT2D eigenvalue weighted by Gasteiger charge is -2.30. The molecule has 3 rings (SSSR count). The molecule has 1 heterocycles. The van der Waals surface area contributed by atoms with Gasteiger partial charge in [0.15, 0.2) is 5.78 Å². The largest absolute Gasteiger partial charge is 0.323 e. The monoisotopic (exact) mass is 289 g/mol. The van der Waals surface area contributed by atoms with Gasteiger partial charge < -0.3 is 5.32 Å². The minimum atomic E-state index is -1.81. The molecule has 2 aromatic rings. The molecule has 3 nitrogen and oxygen atoms in total. The van der Waals surface area contributed by atoms with E-state index >= 15 is 0 Å². The summed E-state index contributed by atoms with van der Waals surface area (Å²) in [4.78, 5) is 22.9. The van der Waals surface area contributed by atoms with Crippen LogP contribution in [0.4, 0.5) is 10.1 Å². The smallest absolute Gasteiger partial charge is 0.258 e. The fraction of sp³-hybridized carbons (Fsp3) is 0.0667. The zero-order chi connectivity index (χ0) is 14.3. The number of anilines is 1. The van der Waals surface area contributed by atoms with E-state index in [9.17, 15) is 14.0 Å². The lowest BCUT2D eigenvalue weighted by Crippen LogP contribution is -2.46. The van der Waals surface area contributed by atoms with Crippen molar-refractivity contribution in [3.05, 3.63) is 65.5 Å². The lowest BCUT2D eigenvalue weighted by molar-refractivity contribution is -0.117. The quantitative estimate of drug-likeness (QED) is 0.648. The van der Waals surface area contributed by atoms with Crippen molar-refractivity contribution in [2.24, 2.45) is 0 Å². The Morgan fingerprint density at radius 1 is 1.05 bits per heavy atom. The molecule has 100 valence electrons. The number of ketones is 1. The Kier molecular flexibility index (Phi) is 2.83. The third-order valence-electron chi connectivity index (χ3n) is 3.27. The molecule has 1 atom stereocenters. The molecule has 1 amide bonds. The van der Waals surface area contributed by atoms with E-state index in [-0.39, 0.29) is 11.3 Å². The summed E-state index contributed by atoms with van der Waals surface area (Å²) < 4.78 is 13.2. The molecule has 0 aliphatic carbocycles. The number of hydrogen-bond donors (Lipinski definition) is 1. The fourth-order valence-corrected chi connectivity index (χ4v) is 2.52. The average Bonchev–Trinajstić information content (AvgIpc) is 2.45. The van der Waals surface area contributed by atoms with Crippen LogP contribution in [0.3, 0.4) is 0 Å². The summed E-state index contributed by atoms with van der Waals surface area (Å²) in [6, 6.07) is 12.0. The number of nitrogens with one attached hydrogen (secondary N) is 1. The van der Waals surface area contributed by atoms with Gasteiger partial charge in [-0.3, -0.25) is 9.59 Å². The minimum Gasteiger partial charge on any atom is -0.323 e. The number of Topliss-reactive ketones (excluding diaryl/α,β-unsaturated/α-hetero) is 1. The van der Waals surface area contributed by atoms with Crippen LogP contribution in [0.1, 0.15) is 15.9 Å². The van der Waals surface area contributed by atoms with E-state index in [0.29, 0.717) is 5.56 Å². The standard InChI is InChI=1S/C15H9ClFNO2/c16-15(9-4-2-1-3-5-9)13(19)11-7-6-10(17)8-12(11)18-14(15)20/h1-8H,(H,18,20)/t15-/m0/s1. The number of benzene rings is 2. The van der Waals surface area contributed by atoms with Crippen LogP contribution < -0.4 is 5.32 Å². The van der Waals surface area contributed by atoms with Crippen molar-refractivity contribution < 1.29 is 14.0 Å². The van der Waals surface area contributed by atoms with Gasteiger partial charge in [-0.25, -0.2) is 4.39 Å². The van der Waals surface area contributed by atoms with Crippen molar-refractivity contribution in [1.82, 2.24) is 0 Å². The molecule has 1 aliphatic heterocycles. The van der Waals surface area contributed by atoms with E-state index < -0.39 is 22.4 Å². The molecule has 0 radical (unpaired) electrons. The molecule has 0 fully saturated rings. The predicted octanol–water partition coefficient (Wildman–Crippen LogP) is 3.09. The number of alkyl halides is 1. The van der Waals surface area contributed by atoms with Gasteiger partial charge in [-0.1, -0.05) is 41.9 Å². The van der Waals surface area contributed by atoms with Crippen molar-refractivity contribution in [3.63, 3.8) is 0 Å². The molecule has 20 heavy (non-hydrogen) atoms. The van der Waals surface area contributed by atoms with Gasteiger partial charge in [0, 0.05) is 5.56 Å². The van der Waals surface area contributed by atoms with Gasteiger partial charge in [0.2, 0.25) is 4.87 Å². The second-order valence-electron chi connectivity index (χ2n) is 4.50. The molecule has 0 saturated carbocycles. The number of halogens is 2. The summed E-state index contributed by atoms with van der Waals surface area (Å²) in [5, 5.41) is 2.49. The number of carbonyl (C=O) groups excluding carboxylic acids is 2. The summed E-state index contributed by atoms with van der Waals surface area (Å²) in [5.41, 5.74) is 0.733. The molecule has 1 N–H and O–H groups in total. The lowest BCUT2D eigenvalue weighted by atomic mass is 9.85. The molecule has 0 saturated heterocycles. The maximum absolute atomic E-state index is 13.2. The van der Waals surface area contributed by atoms with Crippen LogP contribution in [0.2, 0.25) is 0 Å². The normalized spacial score (nSPS) is 21.3. The highest BCUT2D eigenvalue weighted by atomic mass is 35.5. The number of amides is 1. The van der Waals surface area contributed by atoms with Gasteiger partial charge in [0.25, 0.3) is 5.91 Å². The van der Waals surface area contributed by atoms with Crippen molar-refractivity contribution in [3.8, 4) is 0 Å². The Labute approximate surface area is 119 Å². The maximum Gasteiger partial charge on any atom is 0.258 e. The van der Waals surface area contributed by atoms with E-state index in [2.05, 4.69) is 5.32 Å². The Morgan fingerprint density at radius 2 is 1.75 bits per heavy atom.